The van der Waals surface area contributed by atoms with Crippen molar-refractivity contribution in [3.63, 3.8) is 0 Å². The minimum Gasteiger partial charge on any atom is -0.456 e. The Kier molecular flexibility index (Phi) is 5.32. The normalized spacial score (nSPS) is 12.1. The molecule has 0 bridgehead atoms. The van der Waals surface area contributed by atoms with Crippen LogP contribution in [0.4, 0.5) is 0 Å². The van der Waals surface area contributed by atoms with E-state index in [1.54, 1.807) is 0 Å². The third-order valence-electron chi connectivity index (χ3n) is 9.89. The number of furan rings is 1. The third kappa shape index (κ3) is 3.75. The number of rotatable bonds is 3. The summed E-state index contributed by atoms with van der Waals surface area (Å²) >= 11 is 0. The minimum atomic E-state index is 0.630. The van der Waals surface area contributed by atoms with E-state index in [-0.39, 0.29) is 0 Å². The molecule has 0 radical (unpaired) electrons. The summed E-state index contributed by atoms with van der Waals surface area (Å²) in [6.45, 7) is 0. The molecule has 11 aromatic rings. The zero-order chi connectivity index (χ0) is 32.1. The van der Waals surface area contributed by atoms with E-state index in [0.717, 1.165) is 82.6 Å². The SMILES string of the molecule is c1ccc(-c2nc(-n3c4ccccc4c4cc5oc6ccccc6c5cc43)nc3c4cc5ccccc5cc4n(-c4ccccc4)c23)cc1. The van der Waals surface area contributed by atoms with Crippen molar-refractivity contribution in [1.29, 1.82) is 0 Å². The summed E-state index contributed by atoms with van der Waals surface area (Å²) in [6, 6.07) is 55.3. The monoisotopic (exact) mass is 626 g/mol. The van der Waals surface area contributed by atoms with E-state index in [1.807, 2.05) is 12.1 Å². The van der Waals surface area contributed by atoms with Crippen LogP contribution in [0, 0.1) is 0 Å². The molecule has 0 aliphatic heterocycles. The Balaban J connectivity index is 1.33. The number of hydrogen-bond acceptors (Lipinski definition) is 3. The van der Waals surface area contributed by atoms with Gasteiger partial charge in [0.15, 0.2) is 0 Å². The van der Waals surface area contributed by atoms with Crippen LogP contribution in [-0.2, 0) is 0 Å². The van der Waals surface area contributed by atoms with Crippen molar-refractivity contribution in [2.24, 2.45) is 0 Å². The first-order valence-corrected chi connectivity index (χ1v) is 16.5. The van der Waals surface area contributed by atoms with Gasteiger partial charge >= 0.3 is 0 Å². The van der Waals surface area contributed by atoms with Gasteiger partial charge in [-0.25, -0.2) is 9.97 Å². The molecule has 0 spiro atoms. The number of aromatic nitrogens is 4. The van der Waals surface area contributed by atoms with Crippen LogP contribution in [0.3, 0.4) is 0 Å². The maximum atomic E-state index is 6.34. The van der Waals surface area contributed by atoms with Gasteiger partial charge < -0.3 is 8.98 Å². The molecule has 0 fully saturated rings. The Hall–Kier alpha value is -6.72. The van der Waals surface area contributed by atoms with Crippen LogP contribution in [0.1, 0.15) is 0 Å². The topological polar surface area (TPSA) is 48.8 Å². The summed E-state index contributed by atoms with van der Waals surface area (Å²) in [7, 11) is 0. The van der Waals surface area contributed by atoms with E-state index in [2.05, 4.69) is 155 Å². The summed E-state index contributed by atoms with van der Waals surface area (Å²) in [4.78, 5) is 11.0. The van der Waals surface area contributed by atoms with Crippen LogP contribution >= 0.6 is 0 Å². The molecule has 5 nitrogen and oxygen atoms in total. The number of para-hydroxylation sites is 3. The Morgan fingerprint density at radius 1 is 0.429 bits per heavy atom. The lowest BCUT2D eigenvalue weighted by Gasteiger charge is -2.13. The quantitative estimate of drug-likeness (QED) is 0.196. The first-order chi connectivity index (χ1) is 24.3. The van der Waals surface area contributed by atoms with Crippen LogP contribution in [-0.4, -0.2) is 19.1 Å². The van der Waals surface area contributed by atoms with E-state index in [0.29, 0.717) is 5.95 Å². The molecule has 228 valence electrons. The number of nitrogens with zero attached hydrogens (tertiary/aromatic N) is 4. The van der Waals surface area contributed by atoms with Crippen LogP contribution in [0.25, 0.3) is 99.3 Å². The fourth-order valence-electron chi connectivity index (χ4n) is 7.71. The molecular formula is C44H26N4O. The van der Waals surface area contributed by atoms with Crippen molar-refractivity contribution in [2.45, 2.75) is 0 Å². The third-order valence-corrected chi connectivity index (χ3v) is 9.89. The number of benzene rings is 7. The summed E-state index contributed by atoms with van der Waals surface area (Å²) in [6.07, 6.45) is 0. The van der Waals surface area contributed by atoms with E-state index in [9.17, 15) is 0 Å². The zero-order valence-corrected chi connectivity index (χ0v) is 26.2. The van der Waals surface area contributed by atoms with Gasteiger partial charge in [-0.1, -0.05) is 109 Å². The molecule has 4 heterocycles. The predicted octanol–water partition coefficient (Wildman–Crippen LogP) is 11.4. The van der Waals surface area contributed by atoms with Gasteiger partial charge in [0.25, 0.3) is 0 Å². The largest absolute Gasteiger partial charge is 0.456 e. The smallest absolute Gasteiger partial charge is 0.235 e. The standard InChI is InChI=1S/C44H26N4O/c1-3-13-27(14-4-1)41-43-42(35-23-28-15-7-8-16-29(28)24-37(35)47(43)30-17-5-2-6-18-30)46-44(45-41)48-36-21-11-9-19-31(36)33-26-40-34(25-38(33)48)32-20-10-12-22-39(32)49-40/h1-26H. The van der Waals surface area contributed by atoms with Crippen molar-refractivity contribution >= 4 is 76.5 Å². The molecule has 4 aromatic heterocycles. The second-order valence-electron chi connectivity index (χ2n) is 12.6. The molecule has 5 heteroatoms. The van der Waals surface area contributed by atoms with Gasteiger partial charge in [-0.2, -0.15) is 0 Å². The lowest BCUT2D eigenvalue weighted by Crippen LogP contribution is -2.04. The van der Waals surface area contributed by atoms with Gasteiger partial charge in [0.05, 0.1) is 22.1 Å². The van der Waals surface area contributed by atoms with E-state index in [4.69, 9.17) is 14.4 Å². The first kappa shape index (κ1) is 26.4. The summed E-state index contributed by atoms with van der Waals surface area (Å²) in [5, 5.41) is 7.84. The van der Waals surface area contributed by atoms with Gasteiger partial charge in [0, 0.05) is 38.2 Å². The van der Waals surface area contributed by atoms with E-state index < -0.39 is 0 Å². The highest BCUT2D eigenvalue weighted by molar-refractivity contribution is 6.18. The Morgan fingerprint density at radius 3 is 1.94 bits per heavy atom. The highest BCUT2D eigenvalue weighted by Crippen LogP contribution is 2.41. The van der Waals surface area contributed by atoms with Gasteiger partial charge in [-0.05, 0) is 59.3 Å². The Labute approximate surface area is 279 Å². The van der Waals surface area contributed by atoms with Crippen molar-refractivity contribution in [2.75, 3.05) is 0 Å². The molecule has 0 aliphatic rings. The molecule has 7 aromatic carbocycles. The Morgan fingerprint density at radius 2 is 1.10 bits per heavy atom. The molecular weight excluding hydrogens is 601 g/mol. The maximum absolute atomic E-state index is 6.34. The lowest BCUT2D eigenvalue weighted by molar-refractivity contribution is 0.669. The molecule has 49 heavy (non-hydrogen) atoms. The summed E-state index contributed by atoms with van der Waals surface area (Å²) < 4.78 is 10.9. The van der Waals surface area contributed by atoms with Crippen molar-refractivity contribution in [3.05, 3.63) is 158 Å². The molecule has 0 saturated heterocycles. The van der Waals surface area contributed by atoms with Gasteiger partial charge in [0.1, 0.15) is 22.4 Å². The number of hydrogen-bond donors (Lipinski definition) is 0. The number of fused-ring (bicyclic) bond motifs is 10. The fraction of sp³-hybridized carbons (Fsp3) is 0. The van der Waals surface area contributed by atoms with Gasteiger partial charge in [-0.3, -0.25) is 4.57 Å². The van der Waals surface area contributed by atoms with Crippen LogP contribution in [0.15, 0.2) is 162 Å². The fourth-order valence-corrected chi connectivity index (χ4v) is 7.71. The van der Waals surface area contributed by atoms with Gasteiger partial charge in [-0.15, -0.1) is 0 Å². The van der Waals surface area contributed by atoms with Crippen LogP contribution < -0.4 is 0 Å². The molecule has 0 amide bonds. The molecule has 0 unspecified atom stereocenters. The molecule has 11 rings (SSSR count). The second kappa shape index (κ2) is 9.89. The van der Waals surface area contributed by atoms with E-state index >= 15 is 0 Å². The Bertz CT molecular complexity index is 3100. The van der Waals surface area contributed by atoms with Crippen molar-refractivity contribution in [3.8, 4) is 22.9 Å². The predicted molar refractivity (Wildman–Crippen MR) is 201 cm³/mol. The maximum Gasteiger partial charge on any atom is 0.235 e. The first-order valence-electron chi connectivity index (χ1n) is 16.5. The van der Waals surface area contributed by atoms with Gasteiger partial charge in [0.2, 0.25) is 5.95 Å². The summed E-state index contributed by atoms with van der Waals surface area (Å²) in [5.74, 6) is 0.630. The average molecular weight is 627 g/mol. The lowest BCUT2D eigenvalue weighted by atomic mass is 10.1. The van der Waals surface area contributed by atoms with Crippen LogP contribution in [0.2, 0.25) is 0 Å². The minimum absolute atomic E-state index is 0.630. The second-order valence-corrected chi connectivity index (χ2v) is 12.6. The van der Waals surface area contributed by atoms with E-state index in [1.165, 1.54) is 10.8 Å². The average Bonchev–Trinajstić information content (AvgIpc) is 3.80. The molecule has 0 N–H and O–H groups in total. The molecule has 0 atom stereocenters. The van der Waals surface area contributed by atoms with Crippen molar-refractivity contribution in [1.82, 2.24) is 19.1 Å². The zero-order valence-electron chi connectivity index (χ0n) is 26.2. The molecule has 0 aliphatic carbocycles. The highest BCUT2D eigenvalue weighted by atomic mass is 16.3. The van der Waals surface area contributed by atoms with Crippen LogP contribution in [0.5, 0.6) is 0 Å². The highest BCUT2D eigenvalue weighted by Gasteiger charge is 2.24. The molecule has 0 saturated carbocycles. The van der Waals surface area contributed by atoms with Crippen molar-refractivity contribution < 1.29 is 4.42 Å². The summed E-state index contributed by atoms with van der Waals surface area (Å²) in [5.41, 5.74) is 9.80.